The Balaban J connectivity index is 0.961. The fourth-order valence-electron chi connectivity index (χ4n) is 11.8. The second kappa shape index (κ2) is 16.0. The number of phenolic OH excluding ortho intramolecular Hbond substituents is 4. The fraction of sp³-hybridized carbons (Fsp3) is 0.100. The number of anilines is 2. The molecule has 0 fully saturated rings. The minimum atomic E-state index is -6.11. The molecule has 0 aromatic heterocycles. The van der Waals surface area contributed by atoms with E-state index in [0.717, 1.165) is 51.4 Å². The summed E-state index contributed by atoms with van der Waals surface area (Å²) >= 11 is 0. The van der Waals surface area contributed by atoms with E-state index in [9.17, 15) is 39.6 Å². The summed E-state index contributed by atoms with van der Waals surface area (Å²) in [5, 5.41) is 41.6. The highest BCUT2D eigenvalue weighted by molar-refractivity contribution is 6.36. The van der Waals surface area contributed by atoms with Crippen molar-refractivity contribution >= 4 is 56.5 Å². The van der Waals surface area contributed by atoms with E-state index < -0.39 is 86.0 Å². The lowest BCUT2D eigenvalue weighted by atomic mass is 9.67. The Labute approximate surface area is 426 Å². The summed E-state index contributed by atoms with van der Waals surface area (Å²) in [6, 6.07) is 36.4. The number of fused-ring (bicyclic) bond motifs is 7. The Bertz CT molecular complexity index is 4010. The molecule has 0 bridgehead atoms. The number of carbonyl (C=O) groups excluding carboxylic acids is 4. The van der Waals surface area contributed by atoms with Gasteiger partial charge in [-0.25, -0.2) is 9.80 Å². The Kier molecular flexibility index (Phi) is 10.0. The number of alkyl halides is 6. The quantitative estimate of drug-likeness (QED) is 0.0729. The van der Waals surface area contributed by atoms with Crippen molar-refractivity contribution in [2.45, 2.75) is 37.0 Å². The number of benzene rings is 9. The van der Waals surface area contributed by atoms with Crippen molar-refractivity contribution in [2.75, 3.05) is 9.80 Å². The first kappa shape index (κ1) is 47.6. The number of hydrogen-bond acceptors (Lipinski definition) is 8. The average Bonchev–Trinajstić information content (AvgIpc) is 4.11. The lowest BCUT2D eigenvalue weighted by molar-refractivity contribution is -0.288. The third-order valence-electron chi connectivity index (χ3n) is 15.2. The molecule has 16 heteroatoms. The van der Waals surface area contributed by atoms with E-state index in [1.165, 1.54) is 30.3 Å². The minimum Gasteiger partial charge on any atom is -0.507 e. The fourth-order valence-corrected chi connectivity index (χ4v) is 11.8. The largest absolute Gasteiger partial charge is 0.507 e. The van der Waals surface area contributed by atoms with Gasteiger partial charge >= 0.3 is 12.4 Å². The van der Waals surface area contributed by atoms with Crippen molar-refractivity contribution in [3.63, 3.8) is 0 Å². The Morgan fingerprint density at radius 2 is 0.763 bits per heavy atom. The van der Waals surface area contributed by atoms with Crippen LogP contribution in [0.15, 0.2) is 158 Å². The smallest absolute Gasteiger partial charge is 0.411 e. The highest BCUT2D eigenvalue weighted by Crippen LogP contribution is 2.59. The van der Waals surface area contributed by atoms with Crippen LogP contribution in [0, 0.1) is 13.8 Å². The zero-order valence-corrected chi connectivity index (χ0v) is 39.6. The number of carbonyl (C=O) groups is 4. The monoisotopic (exact) mass is 1030 g/mol. The van der Waals surface area contributed by atoms with Gasteiger partial charge in [-0.2, -0.15) is 26.3 Å². The molecule has 376 valence electrons. The van der Waals surface area contributed by atoms with Crippen molar-refractivity contribution in [3.8, 4) is 34.1 Å². The summed E-state index contributed by atoms with van der Waals surface area (Å²) in [6.07, 6.45) is -12.2. The van der Waals surface area contributed by atoms with E-state index in [2.05, 4.69) is 0 Å². The molecular weight excluding hydrogens is 991 g/mol. The van der Waals surface area contributed by atoms with Crippen LogP contribution < -0.4 is 9.80 Å². The van der Waals surface area contributed by atoms with Gasteiger partial charge in [-0.1, -0.05) is 91.0 Å². The predicted octanol–water partition coefficient (Wildman–Crippen LogP) is 12.8. The number of phenols is 4. The molecule has 2 aliphatic heterocycles. The molecule has 0 unspecified atom stereocenters. The molecule has 1 aliphatic carbocycles. The third kappa shape index (κ3) is 6.23. The van der Waals surface area contributed by atoms with Gasteiger partial charge in [0, 0.05) is 21.5 Å². The minimum absolute atomic E-state index is 0.000358. The van der Waals surface area contributed by atoms with Crippen LogP contribution in [0.25, 0.3) is 32.7 Å². The molecular formula is C60H36F6N2O8. The van der Waals surface area contributed by atoms with Crippen LogP contribution in [0.3, 0.4) is 0 Å². The van der Waals surface area contributed by atoms with Crippen LogP contribution in [0.4, 0.5) is 37.7 Å². The Hall–Kier alpha value is -9.44. The van der Waals surface area contributed by atoms with Crippen LogP contribution in [0.2, 0.25) is 0 Å². The molecule has 4 amide bonds. The van der Waals surface area contributed by atoms with Crippen LogP contribution in [0.1, 0.15) is 85.9 Å². The van der Waals surface area contributed by atoms with Crippen molar-refractivity contribution in [1.82, 2.24) is 0 Å². The highest BCUT2D eigenvalue weighted by atomic mass is 19.4. The van der Waals surface area contributed by atoms with Gasteiger partial charge in [-0.05, 0) is 136 Å². The molecule has 0 atom stereocenters. The van der Waals surface area contributed by atoms with Gasteiger partial charge in [0.05, 0.1) is 39.0 Å². The highest BCUT2D eigenvalue weighted by Gasteiger charge is 2.73. The predicted molar refractivity (Wildman–Crippen MR) is 269 cm³/mol. The number of nitrogens with zero attached hydrogens (tertiary/aromatic N) is 2. The summed E-state index contributed by atoms with van der Waals surface area (Å²) < 4.78 is 92.8. The Morgan fingerprint density at radius 1 is 0.382 bits per heavy atom. The maximum Gasteiger partial charge on any atom is 0.411 e. The van der Waals surface area contributed by atoms with Gasteiger partial charge in [-0.15, -0.1) is 0 Å². The van der Waals surface area contributed by atoms with Gasteiger partial charge < -0.3 is 20.4 Å². The molecule has 10 nitrogen and oxygen atoms in total. The molecule has 2 heterocycles. The zero-order chi connectivity index (χ0) is 53.7. The summed E-state index contributed by atoms with van der Waals surface area (Å²) in [4.78, 5) is 58.7. The van der Waals surface area contributed by atoms with E-state index in [1.807, 2.05) is 54.6 Å². The molecule has 9 aromatic carbocycles. The summed E-state index contributed by atoms with van der Waals surface area (Å²) in [5.74, 6) is -5.04. The first-order chi connectivity index (χ1) is 36.1. The molecule has 76 heavy (non-hydrogen) atoms. The molecule has 0 spiro atoms. The molecule has 9 aromatic rings. The standard InChI is InChI=1S/C60H36F6N2O8/c1-29-23-31(13-17-47(29)67-53(73)38-16-12-34(26-42(38)54(67)74)58(59(61,62)63,60(64,65)66)33-11-15-37-39(25-33)50(70)20-19-49(37)69)57(45-9-5-3-7-35(45)36-8-4-6-10-46(36)57)32-14-18-48(30(2)24-32)68-55(75)43-27-40-41(28-44(43)56(68)76)52(72)22-21-51(40)71/h3-28,69-72H,1-2H3. The first-order valence-corrected chi connectivity index (χ1v) is 23.5. The number of halogens is 6. The van der Waals surface area contributed by atoms with E-state index in [1.54, 1.807) is 38.1 Å². The topological polar surface area (TPSA) is 156 Å². The van der Waals surface area contributed by atoms with Gasteiger partial charge in [0.25, 0.3) is 23.6 Å². The summed E-state index contributed by atoms with van der Waals surface area (Å²) in [7, 11) is 0. The van der Waals surface area contributed by atoms with Crippen LogP contribution >= 0.6 is 0 Å². The van der Waals surface area contributed by atoms with E-state index in [0.29, 0.717) is 51.4 Å². The molecule has 3 aliphatic rings. The molecule has 12 rings (SSSR count). The lowest BCUT2D eigenvalue weighted by Crippen LogP contribution is -2.54. The van der Waals surface area contributed by atoms with E-state index in [4.69, 9.17) is 0 Å². The van der Waals surface area contributed by atoms with Crippen molar-refractivity contribution in [1.29, 1.82) is 0 Å². The molecule has 0 saturated heterocycles. The molecule has 4 N–H and O–H groups in total. The lowest BCUT2D eigenvalue weighted by Gasteiger charge is -2.38. The second-order valence-corrected chi connectivity index (χ2v) is 19.2. The SMILES string of the molecule is Cc1cc(C2(c3ccc(N4C(=O)c5cc6c(O)ccc(O)c6cc5C4=O)c(C)c3)c3ccccc3-c3ccccc32)ccc1N1C(=O)c2ccc(C(c3ccc4c(O)ccc(O)c4c3)(C(F)(F)F)C(F)(F)F)cc2C1=O. The van der Waals surface area contributed by atoms with Gasteiger partial charge in [0.2, 0.25) is 5.41 Å². The molecule has 0 saturated carbocycles. The summed E-state index contributed by atoms with van der Waals surface area (Å²) in [5.41, 5.74) is -3.98. The second-order valence-electron chi connectivity index (χ2n) is 19.2. The number of rotatable bonds is 6. The van der Waals surface area contributed by atoms with E-state index in [-0.39, 0.29) is 50.2 Å². The maximum absolute atomic E-state index is 15.5. The van der Waals surface area contributed by atoms with E-state index >= 15 is 26.3 Å². The van der Waals surface area contributed by atoms with Gasteiger partial charge in [0.15, 0.2) is 0 Å². The Morgan fingerprint density at radius 3 is 1.21 bits per heavy atom. The van der Waals surface area contributed by atoms with Crippen LogP contribution in [-0.2, 0) is 10.8 Å². The summed E-state index contributed by atoms with van der Waals surface area (Å²) in [6.45, 7) is 3.35. The van der Waals surface area contributed by atoms with Gasteiger partial charge in [-0.3, -0.25) is 19.2 Å². The number of imide groups is 2. The van der Waals surface area contributed by atoms with Crippen molar-refractivity contribution in [2.24, 2.45) is 0 Å². The van der Waals surface area contributed by atoms with Crippen LogP contribution in [0.5, 0.6) is 23.0 Å². The maximum atomic E-state index is 15.5. The zero-order valence-electron chi connectivity index (χ0n) is 39.6. The van der Waals surface area contributed by atoms with Crippen molar-refractivity contribution in [3.05, 3.63) is 224 Å². The first-order valence-electron chi connectivity index (χ1n) is 23.5. The number of aryl methyl sites for hydroxylation is 2. The third-order valence-corrected chi connectivity index (χ3v) is 15.2. The number of amides is 4. The van der Waals surface area contributed by atoms with Crippen LogP contribution in [-0.4, -0.2) is 56.4 Å². The number of hydrogen-bond donors (Lipinski definition) is 4. The normalized spacial score (nSPS) is 14.9. The van der Waals surface area contributed by atoms with Crippen molar-refractivity contribution < 1.29 is 65.9 Å². The van der Waals surface area contributed by atoms with Gasteiger partial charge in [0.1, 0.15) is 23.0 Å². The average molecular weight is 1030 g/mol. The number of aromatic hydroxyl groups is 4. The molecule has 0 radical (unpaired) electrons.